The molecule has 0 radical (unpaired) electrons. The van der Waals surface area contributed by atoms with E-state index in [1.807, 2.05) is 0 Å². The third-order valence-corrected chi connectivity index (χ3v) is 7.18. The first-order valence-corrected chi connectivity index (χ1v) is 10.2. The molecule has 1 aliphatic rings. The predicted octanol–water partition coefficient (Wildman–Crippen LogP) is 3.70. The molecule has 2 aromatic heterocycles. The molecule has 0 fully saturated rings. The normalized spacial score (nSPS) is 15.6. The van der Waals surface area contributed by atoms with Crippen LogP contribution in [0.25, 0.3) is 11.4 Å². The van der Waals surface area contributed by atoms with Crippen LogP contribution >= 0.6 is 11.3 Å². The first-order chi connectivity index (χ1) is 13.2. The Hall–Kier alpha value is -2.31. The van der Waals surface area contributed by atoms with Crippen LogP contribution in [-0.2, 0) is 29.2 Å². The van der Waals surface area contributed by atoms with Crippen molar-refractivity contribution < 1.29 is 30.5 Å². The first-order valence-electron chi connectivity index (χ1n) is 7.92. The van der Waals surface area contributed by atoms with Gasteiger partial charge < -0.3 is 4.52 Å². The molecule has 0 bridgehead atoms. The van der Waals surface area contributed by atoms with Gasteiger partial charge in [-0.3, -0.25) is 0 Å². The van der Waals surface area contributed by atoms with Gasteiger partial charge >= 0.3 is 12.1 Å². The number of thiophene rings is 1. The molecule has 0 saturated heterocycles. The number of hydrogen-bond acceptors (Lipinski definition) is 6. The molecule has 0 aliphatic carbocycles. The highest BCUT2D eigenvalue weighted by Gasteiger charge is 2.39. The van der Waals surface area contributed by atoms with E-state index in [9.17, 15) is 26.0 Å². The number of halogens is 4. The monoisotopic (exact) mass is 433 g/mol. The zero-order chi connectivity index (χ0) is 20.1. The fourth-order valence-corrected chi connectivity index (χ4v) is 5.38. The number of benzene rings is 1. The molecule has 3 aromatic rings. The van der Waals surface area contributed by atoms with Gasteiger partial charge in [0, 0.05) is 28.9 Å². The van der Waals surface area contributed by atoms with Gasteiger partial charge in [0.1, 0.15) is 5.82 Å². The number of nitrogens with zero attached hydrogens (tertiary/aromatic N) is 3. The molecule has 0 unspecified atom stereocenters. The maximum absolute atomic E-state index is 13.4. The molecule has 1 aliphatic heterocycles. The van der Waals surface area contributed by atoms with Crippen LogP contribution in [-0.4, -0.2) is 29.4 Å². The summed E-state index contributed by atoms with van der Waals surface area (Å²) >= 11 is 1.29. The molecule has 1 aromatic carbocycles. The Bertz CT molecular complexity index is 1140. The lowest BCUT2D eigenvalue weighted by molar-refractivity contribution is -0.159. The largest absolute Gasteiger partial charge is 0.471 e. The standard InChI is InChI=1S/C16H11F4N3O3S2/c17-9-2-1-3-10(6-9)28(24,25)23-5-4-13-11(7-23)12(8-27-13)14-21-15(26-22-14)16(18,19)20/h1-3,6,8H,4-5,7H2. The lowest BCUT2D eigenvalue weighted by atomic mass is 10.1. The van der Waals surface area contributed by atoms with Gasteiger partial charge in [0.05, 0.1) is 4.90 Å². The van der Waals surface area contributed by atoms with Crippen molar-refractivity contribution in [2.75, 3.05) is 6.54 Å². The Morgan fingerprint density at radius 1 is 1.25 bits per heavy atom. The molecular formula is C16H11F4N3O3S2. The minimum absolute atomic E-state index is 0.0805. The van der Waals surface area contributed by atoms with E-state index in [1.54, 1.807) is 5.38 Å². The predicted molar refractivity (Wildman–Crippen MR) is 90.3 cm³/mol. The lowest BCUT2D eigenvalue weighted by Crippen LogP contribution is -2.35. The second-order valence-electron chi connectivity index (χ2n) is 6.02. The van der Waals surface area contributed by atoms with E-state index in [-0.39, 0.29) is 23.8 Å². The minimum Gasteiger partial charge on any atom is -0.329 e. The van der Waals surface area contributed by atoms with Crippen molar-refractivity contribution in [1.29, 1.82) is 0 Å². The number of hydrogen-bond donors (Lipinski definition) is 0. The highest BCUT2D eigenvalue weighted by molar-refractivity contribution is 7.89. The molecule has 28 heavy (non-hydrogen) atoms. The van der Waals surface area contributed by atoms with Crippen LogP contribution in [0.4, 0.5) is 17.6 Å². The van der Waals surface area contributed by atoms with E-state index >= 15 is 0 Å². The van der Waals surface area contributed by atoms with Gasteiger partial charge in [-0.05, 0) is 30.2 Å². The van der Waals surface area contributed by atoms with E-state index in [1.165, 1.54) is 23.5 Å². The highest BCUT2D eigenvalue weighted by Crippen LogP contribution is 2.37. The number of rotatable bonds is 3. The quantitative estimate of drug-likeness (QED) is 0.589. The Morgan fingerprint density at radius 2 is 2.04 bits per heavy atom. The average Bonchev–Trinajstić information content (AvgIpc) is 3.27. The van der Waals surface area contributed by atoms with Crippen molar-refractivity contribution >= 4 is 21.4 Å². The fraction of sp³-hybridized carbons (Fsp3) is 0.250. The molecule has 0 N–H and O–H groups in total. The van der Waals surface area contributed by atoms with E-state index in [4.69, 9.17) is 0 Å². The smallest absolute Gasteiger partial charge is 0.329 e. The zero-order valence-electron chi connectivity index (χ0n) is 13.9. The Balaban J connectivity index is 1.68. The van der Waals surface area contributed by atoms with Crippen LogP contribution in [0.2, 0.25) is 0 Å². The number of aromatic nitrogens is 2. The summed E-state index contributed by atoms with van der Waals surface area (Å²) in [4.78, 5) is 4.02. The minimum atomic E-state index is -4.77. The summed E-state index contributed by atoms with van der Waals surface area (Å²) in [5.74, 6) is -2.40. The molecule has 3 heterocycles. The van der Waals surface area contributed by atoms with Crippen molar-refractivity contribution in [3.05, 3.63) is 51.8 Å². The van der Waals surface area contributed by atoms with Gasteiger partial charge in [0.2, 0.25) is 15.8 Å². The Labute approximate surface area is 160 Å². The first kappa shape index (κ1) is 19.0. The maximum atomic E-state index is 13.4. The Kier molecular flexibility index (Phi) is 4.51. The topological polar surface area (TPSA) is 76.3 Å². The molecule has 12 heteroatoms. The van der Waals surface area contributed by atoms with Crippen molar-refractivity contribution in [2.45, 2.75) is 24.0 Å². The van der Waals surface area contributed by atoms with Crippen LogP contribution < -0.4 is 0 Å². The van der Waals surface area contributed by atoms with Crippen molar-refractivity contribution in [2.24, 2.45) is 0 Å². The zero-order valence-corrected chi connectivity index (χ0v) is 15.5. The van der Waals surface area contributed by atoms with Gasteiger partial charge in [0.15, 0.2) is 0 Å². The van der Waals surface area contributed by atoms with Crippen LogP contribution in [0.5, 0.6) is 0 Å². The van der Waals surface area contributed by atoms with Gasteiger partial charge in [-0.2, -0.15) is 22.5 Å². The summed E-state index contributed by atoms with van der Waals surface area (Å²) in [6, 6.07) is 4.65. The third-order valence-electron chi connectivity index (χ3n) is 4.25. The average molecular weight is 433 g/mol. The summed E-state index contributed by atoms with van der Waals surface area (Å²) in [5, 5.41) is 4.95. The third kappa shape index (κ3) is 3.31. The van der Waals surface area contributed by atoms with E-state index in [0.717, 1.165) is 21.3 Å². The van der Waals surface area contributed by atoms with Crippen LogP contribution in [0.15, 0.2) is 39.1 Å². The summed E-state index contributed by atoms with van der Waals surface area (Å²) < 4.78 is 82.6. The van der Waals surface area contributed by atoms with Crippen molar-refractivity contribution in [1.82, 2.24) is 14.4 Å². The second kappa shape index (κ2) is 6.64. The molecule has 0 saturated carbocycles. The van der Waals surface area contributed by atoms with Crippen LogP contribution in [0.1, 0.15) is 16.3 Å². The summed E-state index contributed by atoms with van der Waals surface area (Å²) in [7, 11) is -3.97. The van der Waals surface area contributed by atoms with Gasteiger partial charge in [-0.25, -0.2) is 12.8 Å². The van der Waals surface area contributed by atoms with Gasteiger partial charge in [0.25, 0.3) is 0 Å². The molecule has 148 valence electrons. The van der Waals surface area contributed by atoms with Gasteiger partial charge in [-0.15, -0.1) is 11.3 Å². The molecule has 0 spiro atoms. The second-order valence-corrected chi connectivity index (χ2v) is 8.92. The van der Waals surface area contributed by atoms with Crippen molar-refractivity contribution in [3.8, 4) is 11.4 Å². The summed E-state index contributed by atoms with van der Waals surface area (Å²) in [6.45, 7) is 0.0920. The van der Waals surface area contributed by atoms with Crippen LogP contribution in [0, 0.1) is 5.82 Å². The lowest BCUT2D eigenvalue weighted by Gasteiger charge is -2.26. The van der Waals surface area contributed by atoms with Crippen LogP contribution in [0.3, 0.4) is 0 Å². The number of alkyl halides is 3. The molecule has 6 nitrogen and oxygen atoms in total. The summed E-state index contributed by atoms with van der Waals surface area (Å²) in [6.07, 6.45) is -4.40. The van der Waals surface area contributed by atoms with E-state index < -0.39 is 27.9 Å². The highest BCUT2D eigenvalue weighted by atomic mass is 32.2. The maximum Gasteiger partial charge on any atom is 0.471 e. The molecule has 0 atom stereocenters. The molecule has 4 rings (SSSR count). The fourth-order valence-electron chi connectivity index (χ4n) is 2.90. The van der Waals surface area contributed by atoms with Gasteiger partial charge in [-0.1, -0.05) is 11.2 Å². The molecular weight excluding hydrogens is 422 g/mol. The van der Waals surface area contributed by atoms with E-state index in [0.29, 0.717) is 17.5 Å². The Morgan fingerprint density at radius 3 is 2.71 bits per heavy atom. The number of sulfonamides is 1. The summed E-state index contributed by atoms with van der Waals surface area (Å²) in [5.41, 5.74) is 0.809. The SMILES string of the molecule is O=S(=O)(c1cccc(F)c1)N1CCc2scc(-c3noc(C(F)(F)F)n3)c2C1. The van der Waals surface area contributed by atoms with Crippen molar-refractivity contribution in [3.63, 3.8) is 0 Å². The number of fused-ring (bicyclic) bond motifs is 1. The van der Waals surface area contributed by atoms with E-state index in [2.05, 4.69) is 14.7 Å². The molecule has 0 amide bonds.